The van der Waals surface area contributed by atoms with Gasteiger partial charge in [0.1, 0.15) is 36.7 Å². The number of rotatable bonds is 7. The number of fused-ring (bicyclic) bond motifs is 1. The summed E-state index contributed by atoms with van der Waals surface area (Å²) >= 11 is 0. The smallest absolute Gasteiger partial charge is 0.335 e. The molecule has 1 aliphatic heterocycles. The van der Waals surface area contributed by atoms with Gasteiger partial charge in [0.15, 0.2) is 11.5 Å². The summed E-state index contributed by atoms with van der Waals surface area (Å²) < 4.78 is 14.8. The summed E-state index contributed by atoms with van der Waals surface area (Å²) in [6.07, 6.45) is 2.20. The molecule has 4 aromatic rings. The normalized spacial score (nSPS) is 15.7. The number of hydrogen-bond acceptors (Lipinski definition) is 7. The summed E-state index contributed by atoms with van der Waals surface area (Å²) in [4.78, 5) is 24.5. The van der Waals surface area contributed by atoms with Crippen LogP contribution in [0.15, 0.2) is 65.7 Å². The summed E-state index contributed by atoms with van der Waals surface area (Å²) in [5.74, 6) is 7.38. The first-order chi connectivity index (χ1) is 17.2. The molecular formula is C26H26N6O3. The average molecular weight is 471 g/mol. The molecule has 0 amide bonds. The lowest BCUT2D eigenvalue weighted by molar-refractivity contribution is 0.0594. The molecular weight excluding hydrogens is 444 g/mol. The zero-order valence-corrected chi connectivity index (χ0v) is 19.4. The van der Waals surface area contributed by atoms with Gasteiger partial charge < -0.3 is 15.2 Å². The molecule has 0 bridgehead atoms. The van der Waals surface area contributed by atoms with Gasteiger partial charge in [0.05, 0.1) is 11.7 Å². The van der Waals surface area contributed by atoms with E-state index in [2.05, 4.69) is 26.7 Å². The van der Waals surface area contributed by atoms with Gasteiger partial charge in [-0.1, -0.05) is 24.1 Å². The van der Waals surface area contributed by atoms with Crippen molar-refractivity contribution in [2.75, 3.05) is 32.2 Å². The maximum atomic E-state index is 13.7. The number of aromatic nitrogens is 4. The van der Waals surface area contributed by atoms with Crippen LogP contribution in [0.2, 0.25) is 0 Å². The fourth-order valence-corrected chi connectivity index (χ4v) is 4.36. The van der Waals surface area contributed by atoms with E-state index in [0.29, 0.717) is 42.5 Å². The van der Waals surface area contributed by atoms with E-state index in [1.165, 1.54) is 6.33 Å². The van der Waals surface area contributed by atoms with Gasteiger partial charge in [0, 0.05) is 13.1 Å². The van der Waals surface area contributed by atoms with Crippen LogP contribution < -0.4 is 16.2 Å². The lowest BCUT2D eigenvalue weighted by Gasteiger charge is -2.15. The van der Waals surface area contributed by atoms with Crippen molar-refractivity contribution in [2.24, 2.45) is 0 Å². The van der Waals surface area contributed by atoms with Gasteiger partial charge in [-0.25, -0.2) is 14.8 Å². The molecule has 3 heterocycles. The van der Waals surface area contributed by atoms with Gasteiger partial charge in [-0.2, -0.15) is 0 Å². The van der Waals surface area contributed by atoms with Crippen molar-refractivity contribution in [3.63, 3.8) is 0 Å². The molecule has 2 N–H and O–H groups in total. The third kappa shape index (κ3) is 4.62. The molecule has 0 aliphatic carbocycles. The molecule has 1 saturated heterocycles. The fraction of sp³-hybridized carbons (Fsp3) is 0.269. The second kappa shape index (κ2) is 10.0. The fourth-order valence-electron chi connectivity index (χ4n) is 4.36. The average Bonchev–Trinajstić information content (AvgIpc) is 3.45. The second-order valence-corrected chi connectivity index (χ2v) is 8.25. The zero-order chi connectivity index (χ0) is 24.2. The Bertz CT molecular complexity index is 1430. The molecule has 2 aromatic carbocycles. The van der Waals surface area contributed by atoms with E-state index in [9.17, 15) is 4.79 Å². The predicted molar refractivity (Wildman–Crippen MR) is 134 cm³/mol. The molecule has 35 heavy (non-hydrogen) atoms. The monoisotopic (exact) mass is 470 g/mol. The molecule has 0 radical (unpaired) electrons. The van der Waals surface area contributed by atoms with E-state index in [1.54, 1.807) is 16.1 Å². The highest BCUT2D eigenvalue weighted by atomic mass is 16.5. The largest absolute Gasteiger partial charge is 0.457 e. The van der Waals surface area contributed by atoms with Crippen molar-refractivity contribution in [3.8, 4) is 29.0 Å². The van der Waals surface area contributed by atoms with E-state index in [4.69, 9.17) is 15.2 Å². The van der Waals surface area contributed by atoms with Gasteiger partial charge in [-0.05, 0) is 49.7 Å². The predicted octanol–water partition coefficient (Wildman–Crippen LogP) is 3.20. The lowest BCUT2D eigenvalue weighted by Crippen LogP contribution is -2.30. The molecule has 9 nitrogen and oxygen atoms in total. The SMILES string of the molecule is CC#CCOCN1CC[C@@H](n2c(=O)n(-c3ccc(Oc4ccccc4)cc3)c3c(N)ncnc32)C1. The van der Waals surface area contributed by atoms with Crippen LogP contribution in [-0.2, 0) is 4.74 Å². The van der Waals surface area contributed by atoms with Crippen molar-refractivity contribution in [2.45, 2.75) is 19.4 Å². The van der Waals surface area contributed by atoms with Crippen LogP contribution in [0.1, 0.15) is 19.4 Å². The number of imidazole rings is 1. The van der Waals surface area contributed by atoms with Crippen LogP contribution in [0.25, 0.3) is 16.9 Å². The molecule has 0 unspecified atom stereocenters. The molecule has 0 spiro atoms. The van der Waals surface area contributed by atoms with Crippen LogP contribution >= 0.6 is 0 Å². The number of likely N-dealkylation sites (tertiary alicyclic amines) is 1. The Kier molecular flexibility index (Phi) is 6.48. The van der Waals surface area contributed by atoms with Gasteiger partial charge in [-0.3, -0.25) is 14.0 Å². The molecule has 5 rings (SSSR count). The Balaban J connectivity index is 1.45. The minimum atomic E-state index is -0.200. The number of ether oxygens (including phenoxy) is 2. The highest BCUT2D eigenvalue weighted by molar-refractivity contribution is 5.84. The van der Waals surface area contributed by atoms with Crippen molar-refractivity contribution in [1.29, 1.82) is 0 Å². The number of nitrogens with two attached hydrogens (primary N) is 1. The second-order valence-electron chi connectivity index (χ2n) is 8.25. The highest BCUT2D eigenvalue weighted by Gasteiger charge is 2.29. The van der Waals surface area contributed by atoms with Crippen molar-refractivity contribution in [1.82, 2.24) is 24.0 Å². The Morgan fingerprint density at radius 3 is 2.63 bits per heavy atom. The number of benzene rings is 2. The Hall–Kier alpha value is -4.13. The van der Waals surface area contributed by atoms with E-state index in [1.807, 2.05) is 54.6 Å². The quantitative estimate of drug-likeness (QED) is 0.327. The van der Waals surface area contributed by atoms with Gasteiger partial charge in [0.25, 0.3) is 0 Å². The Labute approximate surface area is 202 Å². The highest BCUT2D eigenvalue weighted by Crippen LogP contribution is 2.28. The molecule has 1 atom stereocenters. The topological polar surface area (TPSA) is 100 Å². The number of anilines is 1. The van der Waals surface area contributed by atoms with Crippen molar-refractivity contribution in [3.05, 3.63) is 71.4 Å². The first-order valence-corrected chi connectivity index (χ1v) is 11.4. The van der Waals surface area contributed by atoms with Crippen LogP contribution in [0.3, 0.4) is 0 Å². The van der Waals surface area contributed by atoms with E-state index < -0.39 is 0 Å². The minimum Gasteiger partial charge on any atom is -0.457 e. The number of hydrogen-bond donors (Lipinski definition) is 1. The first kappa shape index (κ1) is 22.7. The van der Waals surface area contributed by atoms with Crippen LogP contribution in [0.4, 0.5) is 5.82 Å². The van der Waals surface area contributed by atoms with Gasteiger partial charge in [-0.15, -0.1) is 5.92 Å². The summed E-state index contributed by atoms with van der Waals surface area (Å²) in [5.41, 5.74) is 7.73. The third-order valence-electron chi connectivity index (χ3n) is 5.99. The number of nitrogens with zero attached hydrogens (tertiary/aromatic N) is 5. The van der Waals surface area contributed by atoms with E-state index in [-0.39, 0.29) is 17.5 Å². The summed E-state index contributed by atoms with van der Waals surface area (Å²) in [7, 11) is 0. The molecule has 1 fully saturated rings. The molecule has 1 aliphatic rings. The zero-order valence-electron chi connectivity index (χ0n) is 19.4. The molecule has 0 saturated carbocycles. The van der Waals surface area contributed by atoms with Crippen molar-refractivity contribution < 1.29 is 9.47 Å². The number of para-hydroxylation sites is 1. The maximum absolute atomic E-state index is 13.7. The Morgan fingerprint density at radius 2 is 1.86 bits per heavy atom. The summed E-state index contributed by atoms with van der Waals surface area (Å²) in [6.45, 7) is 4.14. The summed E-state index contributed by atoms with van der Waals surface area (Å²) in [5, 5.41) is 0. The summed E-state index contributed by atoms with van der Waals surface area (Å²) in [6, 6.07) is 16.8. The molecule has 9 heteroatoms. The van der Waals surface area contributed by atoms with Crippen LogP contribution in [0.5, 0.6) is 11.5 Å². The van der Waals surface area contributed by atoms with Gasteiger partial charge in [0.2, 0.25) is 0 Å². The first-order valence-electron chi connectivity index (χ1n) is 11.4. The Morgan fingerprint density at radius 1 is 1.09 bits per heavy atom. The molecule has 2 aromatic heterocycles. The lowest BCUT2D eigenvalue weighted by atomic mass is 10.2. The van der Waals surface area contributed by atoms with E-state index >= 15 is 0 Å². The molecule has 178 valence electrons. The third-order valence-corrected chi connectivity index (χ3v) is 5.99. The van der Waals surface area contributed by atoms with E-state index in [0.717, 1.165) is 18.7 Å². The van der Waals surface area contributed by atoms with Crippen LogP contribution in [0, 0.1) is 11.8 Å². The minimum absolute atomic E-state index is 0.0536. The standard InChI is InChI=1S/C26H26N6O3/c1-2-3-15-34-18-30-14-13-20(16-30)32-25-23(24(27)28-17-29-25)31(26(32)33)19-9-11-22(12-10-19)35-21-7-5-4-6-8-21/h4-12,17,20H,13-16,18H2,1H3,(H2,27,28,29)/t20-/m1/s1. The van der Waals surface area contributed by atoms with Crippen molar-refractivity contribution >= 4 is 17.0 Å². The van der Waals surface area contributed by atoms with Gasteiger partial charge >= 0.3 is 5.69 Å². The van der Waals surface area contributed by atoms with Crippen LogP contribution in [-0.4, -0.2) is 50.4 Å². The number of nitrogen functional groups attached to an aromatic ring is 1. The maximum Gasteiger partial charge on any atom is 0.335 e.